The van der Waals surface area contributed by atoms with Crippen molar-refractivity contribution in [2.24, 2.45) is 5.92 Å². The van der Waals surface area contributed by atoms with Crippen molar-refractivity contribution in [1.29, 1.82) is 0 Å². The van der Waals surface area contributed by atoms with E-state index in [0.717, 1.165) is 93.8 Å². The molecule has 6 aliphatic rings. The van der Waals surface area contributed by atoms with Gasteiger partial charge in [-0.1, -0.05) is 12.1 Å². The number of phenolic OH excluding ortho intramolecular Hbond substituents is 1. The van der Waals surface area contributed by atoms with Crippen LogP contribution in [0.4, 0.5) is 17.2 Å². The van der Waals surface area contributed by atoms with Crippen LogP contribution < -0.4 is 20.4 Å². The van der Waals surface area contributed by atoms with Gasteiger partial charge in [0, 0.05) is 69.5 Å². The van der Waals surface area contributed by atoms with Gasteiger partial charge in [0.15, 0.2) is 5.82 Å². The van der Waals surface area contributed by atoms with Gasteiger partial charge in [-0.3, -0.25) is 34.3 Å². The van der Waals surface area contributed by atoms with Gasteiger partial charge in [0.25, 0.3) is 11.8 Å². The van der Waals surface area contributed by atoms with E-state index in [1.165, 1.54) is 12.8 Å². The largest absolute Gasteiger partial charge is 0.507 e. The van der Waals surface area contributed by atoms with Crippen molar-refractivity contribution in [3.05, 3.63) is 59.7 Å². The number of anilines is 3. The van der Waals surface area contributed by atoms with Gasteiger partial charge in [-0.15, -0.1) is 10.2 Å². The number of aromatic nitrogens is 2. The highest BCUT2D eigenvalue weighted by molar-refractivity contribution is 6.23. The molecule has 6 aliphatic heterocycles. The van der Waals surface area contributed by atoms with Crippen molar-refractivity contribution in [2.45, 2.75) is 56.7 Å². The first-order chi connectivity index (χ1) is 25.8. The number of imide groups is 2. The Kier molecular flexibility index (Phi) is 8.73. The first-order valence-electron chi connectivity index (χ1n) is 19.0. The molecule has 53 heavy (non-hydrogen) atoms. The highest BCUT2D eigenvalue weighted by Crippen LogP contribution is 2.37. The minimum atomic E-state index is -0.954. The summed E-state index contributed by atoms with van der Waals surface area (Å²) in [5.41, 5.74) is 4.01. The number of para-hydroxylation sites is 1. The van der Waals surface area contributed by atoms with Gasteiger partial charge in [-0.2, -0.15) is 0 Å². The van der Waals surface area contributed by atoms with E-state index in [1.807, 2.05) is 24.3 Å². The highest BCUT2D eigenvalue weighted by Gasteiger charge is 2.45. The van der Waals surface area contributed by atoms with Crippen molar-refractivity contribution in [3.8, 4) is 17.0 Å². The van der Waals surface area contributed by atoms with Crippen LogP contribution in [0.1, 0.15) is 59.2 Å². The molecule has 0 aliphatic carbocycles. The second-order valence-corrected chi connectivity index (χ2v) is 15.3. The monoisotopic (exact) mass is 719 g/mol. The fourth-order valence-corrected chi connectivity index (χ4v) is 9.33. The summed E-state index contributed by atoms with van der Waals surface area (Å²) in [6.07, 6.45) is 4.75. The predicted molar refractivity (Wildman–Crippen MR) is 198 cm³/mol. The number of likely N-dealkylation sites (tertiary alicyclic amines) is 1. The summed E-state index contributed by atoms with van der Waals surface area (Å²) < 4.78 is 0. The average Bonchev–Trinajstić information content (AvgIpc) is 3.43. The maximum absolute atomic E-state index is 13.3. The van der Waals surface area contributed by atoms with Crippen molar-refractivity contribution in [3.63, 3.8) is 0 Å². The maximum Gasteiger partial charge on any atom is 0.262 e. The summed E-state index contributed by atoms with van der Waals surface area (Å²) in [4.78, 5) is 61.7. The van der Waals surface area contributed by atoms with Gasteiger partial charge in [-0.05, 0) is 87.5 Å². The third kappa shape index (κ3) is 6.27. The highest BCUT2D eigenvalue weighted by atomic mass is 16.3. The summed E-state index contributed by atoms with van der Waals surface area (Å²) in [7, 11) is 0. The van der Waals surface area contributed by atoms with E-state index in [0.29, 0.717) is 40.4 Å². The van der Waals surface area contributed by atoms with Gasteiger partial charge in [0.2, 0.25) is 11.8 Å². The molecule has 9 rings (SSSR count). The molecule has 14 heteroatoms. The lowest BCUT2D eigenvalue weighted by molar-refractivity contribution is -0.136. The number of carbonyl (C=O) groups excluding carboxylic acids is 4. The number of nitrogens with zero attached hydrogens (tertiary/aromatic N) is 7. The topological polar surface area (TPSA) is 155 Å². The van der Waals surface area contributed by atoms with Gasteiger partial charge in [0.05, 0.1) is 28.6 Å². The lowest BCUT2D eigenvalue weighted by Crippen LogP contribution is -2.61. The van der Waals surface area contributed by atoms with Crippen LogP contribution in [0, 0.1) is 5.92 Å². The number of phenols is 1. The number of piperazine rings is 1. The molecule has 3 aromatic rings. The molecule has 14 nitrogen and oxygen atoms in total. The molecule has 4 fully saturated rings. The Hall–Kier alpha value is -5.08. The summed E-state index contributed by atoms with van der Waals surface area (Å²) in [5.74, 6) is -0.266. The standard InChI is InChI=1S/C39H45N9O5/c49-34-4-2-1-3-29(34)31-20-33-36(43-42-31)40-21-27-23-46(17-18-47(27)33)25-11-13-44(14-12-25)22-24-9-15-45(16-10-24)26-5-6-28-30(19-26)39(53)48(38(28)52)32-7-8-35(50)41-37(32)51/h1-6,19-20,24-25,27,32,49H,7-18,21-23H2,(H,40,43)(H,41,50,51)/t27-,32?/m0/s1. The van der Waals surface area contributed by atoms with Crippen LogP contribution in [-0.4, -0.2) is 131 Å². The normalized spacial score (nSPS) is 24.5. The molecule has 1 unspecified atom stereocenters. The molecular formula is C39H45N9O5. The van der Waals surface area contributed by atoms with Crippen LogP contribution in [0.5, 0.6) is 5.75 Å². The van der Waals surface area contributed by atoms with Crippen molar-refractivity contribution in [2.75, 3.05) is 74.0 Å². The number of hydrogen-bond acceptors (Lipinski definition) is 12. The number of carbonyl (C=O) groups is 4. The third-order valence-electron chi connectivity index (χ3n) is 12.3. The van der Waals surface area contributed by atoms with Crippen molar-refractivity contribution < 1.29 is 24.3 Å². The molecule has 1 aromatic heterocycles. The van der Waals surface area contributed by atoms with E-state index >= 15 is 0 Å². The van der Waals surface area contributed by atoms with Crippen molar-refractivity contribution >= 4 is 40.8 Å². The Labute approximate surface area is 308 Å². The Balaban J connectivity index is 0.752. The zero-order valence-electron chi connectivity index (χ0n) is 29.7. The molecule has 4 amide bonds. The summed E-state index contributed by atoms with van der Waals surface area (Å²) in [6, 6.07) is 14.7. The van der Waals surface area contributed by atoms with Crippen LogP contribution in [0.3, 0.4) is 0 Å². The average molecular weight is 720 g/mol. The smallest absolute Gasteiger partial charge is 0.262 e. The Bertz CT molecular complexity index is 1960. The molecule has 2 atom stereocenters. The summed E-state index contributed by atoms with van der Waals surface area (Å²) in [5, 5.41) is 25.0. The van der Waals surface area contributed by atoms with E-state index < -0.39 is 23.8 Å². The number of amides is 4. The number of fused-ring (bicyclic) bond motifs is 4. The Morgan fingerprint density at radius 2 is 1.57 bits per heavy atom. The predicted octanol–water partition coefficient (Wildman–Crippen LogP) is 2.55. The number of nitrogens with one attached hydrogen (secondary N) is 2. The molecule has 0 bridgehead atoms. The molecule has 0 spiro atoms. The minimum Gasteiger partial charge on any atom is -0.507 e. The number of piperidine rings is 3. The van der Waals surface area contributed by atoms with Crippen LogP contribution in [0.25, 0.3) is 11.3 Å². The summed E-state index contributed by atoms with van der Waals surface area (Å²) >= 11 is 0. The molecule has 4 saturated heterocycles. The second kappa shape index (κ2) is 13.7. The fourth-order valence-electron chi connectivity index (χ4n) is 9.33. The zero-order valence-corrected chi connectivity index (χ0v) is 29.7. The van der Waals surface area contributed by atoms with Crippen LogP contribution in [0.15, 0.2) is 48.5 Å². The Morgan fingerprint density at radius 1 is 0.774 bits per heavy atom. The quantitative estimate of drug-likeness (QED) is 0.321. The Morgan fingerprint density at radius 3 is 2.36 bits per heavy atom. The zero-order chi connectivity index (χ0) is 36.2. The number of hydrogen-bond donors (Lipinski definition) is 3. The van der Waals surface area contributed by atoms with Crippen LogP contribution >= 0.6 is 0 Å². The number of rotatable bonds is 6. The summed E-state index contributed by atoms with van der Waals surface area (Å²) in [6.45, 7) is 8.93. The van der Waals surface area contributed by atoms with Crippen molar-refractivity contribution in [1.82, 2.24) is 30.2 Å². The minimum absolute atomic E-state index is 0.106. The first-order valence-corrected chi connectivity index (χ1v) is 19.0. The molecule has 0 radical (unpaired) electrons. The molecule has 276 valence electrons. The SMILES string of the molecule is O=C1CCC(N2C(=O)c3ccc(N4CCC(CN5CCC(N6CCN7c8cc(-c9ccccc9O)nnc8NC[C@H]7C6)CC5)CC4)cc3C2=O)C(=O)N1. The van der Waals surface area contributed by atoms with Gasteiger partial charge < -0.3 is 25.1 Å². The van der Waals surface area contributed by atoms with Gasteiger partial charge in [0.1, 0.15) is 11.8 Å². The van der Waals surface area contributed by atoms with E-state index in [2.05, 4.69) is 46.5 Å². The molecule has 7 heterocycles. The number of aromatic hydroxyl groups is 1. The van der Waals surface area contributed by atoms with E-state index in [1.54, 1.807) is 18.2 Å². The van der Waals surface area contributed by atoms with Crippen LogP contribution in [-0.2, 0) is 9.59 Å². The molecule has 0 saturated carbocycles. The fraction of sp³-hybridized carbons (Fsp3) is 0.487. The molecule has 2 aromatic carbocycles. The maximum atomic E-state index is 13.3. The van der Waals surface area contributed by atoms with E-state index in [4.69, 9.17) is 0 Å². The molecular weight excluding hydrogens is 674 g/mol. The van der Waals surface area contributed by atoms with E-state index in [9.17, 15) is 24.3 Å². The van der Waals surface area contributed by atoms with Gasteiger partial charge in [-0.25, -0.2) is 0 Å². The second-order valence-electron chi connectivity index (χ2n) is 15.3. The number of benzene rings is 2. The van der Waals surface area contributed by atoms with E-state index in [-0.39, 0.29) is 24.5 Å². The third-order valence-corrected chi connectivity index (χ3v) is 12.3. The molecule has 3 N–H and O–H groups in total. The lowest BCUT2D eigenvalue weighted by Gasteiger charge is -2.49. The first kappa shape index (κ1) is 33.7. The lowest BCUT2D eigenvalue weighted by atomic mass is 9.93. The van der Waals surface area contributed by atoms with Gasteiger partial charge >= 0.3 is 0 Å². The van der Waals surface area contributed by atoms with Crippen LogP contribution in [0.2, 0.25) is 0 Å².